The minimum absolute atomic E-state index is 0.0270. The first kappa shape index (κ1) is 30.7. The number of carbonyl (C=O) groups excluding carboxylic acids is 2. The van der Waals surface area contributed by atoms with Crippen LogP contribution in [0.25, 0.3) is 0 Å². The molecule has 0 amide bonds. The minimum Gasteiger partial charge on any atom is -0.494 e. The minimum atomic E-state index is -0.941. The van der Waals surface area contributed by atoms with Gasteiger partial charge in [-0.05, 0) is 62.2 Å². The van der Waals surface area contributed by atoms with E-state index in [0.29, 0.717) is 5.69 Å². The smallest absolute Gasteiger partial charge is 0.345 e. The Morgan fingerprint density at radius 3 is 1.59 bits per heavy atom. The Hall–Kier alpha value is -2.84. The summed E-state index contributed by atoms with van der Waals surface area (Å²) in [6, 6.07) is 13.5. The van der Waals surface area contributed by atoms with Gasteiger partial charge in [0, 0.05) is 5.69 Å². The molecule has 11 heteroatoms. The van der Waals surface area contributed by atoms with Crippen LogP contribution in [0.2, 0.25) is 20.1 Å². The number of aryl methyl sites for hydroxylation is 1. The van der Waals surface area contributed by atoms with Crippen molar-refractivity contribution in [2.75, 3.05) is 19.1 Å². The second-order valence-electron chi connectivity index (χ2n) is 8.31. The van der Waals surface area contributed by atoms with E-state index >= 15 is 0 Å². The Morgan fingerprint density at radius 2 is 1.18 bits per heavy atom. The lowest BCUT2D eigenvalue weighted by atomic mass is 10.1. The highest BCUT2D eigenvalue weighted by molar-refractivity contribution is 6.37. The predicted octanol–water partition coefficient (Wildman–Crippen LogP) is 8.09. The quantitative estimate of drug-likeness (QED) is 0.169. The summed E-state index contributed by atoms with van der Waals surface area (Å²) in [6.45, 7) is 5.29. The largest absolute Gasteiger partial charge is 0.494 e. The van der Waals surface area contributed by atoms with E-state index in [1.165, 1.54) is 38.5 Å². The standard InChI is InChI=1S/C28H27Cl4NO6/c1-6-17-8-7-9-18(14-17)33(15(2)38-27(34)23-19(29)10-12-21(31)25(23)36-4)16(3)39-28(35)24-20(30)11-13-22(32)26(24)37-5/h7-16H,6H2,1-5H3. The summed E-state index contributed by atoms with van der Waals surface area (Å²) in [7, 11) is 2.74. The number of halogens is 4. The lowest BCUT2D eigenvalue weighted by molar-refractivity contribution is 0.00875. The fourth-order valence-corrected chi connectivity index (χ4v) is 4.96. The third kappa shape index (κ3) is 6.84. The van der Waals surface area contributed by atoms with Crippen molar-refractivity contribution in [3.05, 3.63) is 85.3 Å². The fraction of sp³-hybridized carbons (Fsp3) is 0.286. The van der Waals surface area contributed by atoms with Gasteiger partial charge in [-0.15, -0.1) is 0 Å². The van der Waals surface area contributed by atoms with Gasteiger partial charge < -0.3 is 23.8 Å². The molecule has 0 saturated carbocycles. The Balaban J connectivity index is 1.98. The molecule has 0 N–H and O–H groups in total. The number of rotatable bonds is 10. The molecule has 0 spiro atoms. The van der Waals surface area contributed by atoms with Crippen LogP contribution in [0.5, 0.6) is 11.5 Å². The Morgan fingerprint density at radius 1 is 0.744 bits per heavy atom. The summed E-state index contributed by atoms with van der Waals surface area (Å²) in [6.07, 6.45) is -1.12. The van der Waals surface area contributed by atoms with Gasteiger partial charge in [-0.3, -0.25) is 0 Å². The number of methoxy groups -OCH3 is 2. The molecular formula is C28H27Cl4NO6. The summed E-state index contributed by atoms with van der Waals surface area (Å²) in [4.78, 5) is 28.2. The second kappa shape index (κ2) is 13.5. The third-order valence-corrected chi connectivity index (χ3v) is 7.11. The van der Waals surface area contributed by atoms with Crippen LogP contribution in [0.15, 0.2) is 48.5 Å². The van der Waals surface area contributed by atoms with E-state index in [-0.39, 0.29) is 42.7 Å². The lowest BCUT2D eigenvalue weighted by Crippen LogP contribution is -2.45. The van der Waals surface area contributed by atoms with E-state index in [1.807, 2.05) is 31.2 Å². The molecule has 39 heavy (non-hydrogen) atoms. The highest BCUT2D eigenvalue weighted by atomic mass is 35.5. The maximum Gasteiger partial charge on any atom is 0.345 e. The maximum atomic E-state index is 13.3. The van der Waals surface area contributed by atoms with Gasteiger partial charge in [0.1, 0.15) is 11.1 Å². The zero-order valence-electron chi connectivity index (χ0n) is 21.9. The van der Waals surface area contributed by atoms with Crippen LogP contribution in [0.4, 0.5) is 5.69 Å². The topological polar surface area (TPSA) is 74.3 Å². The predicted molar refractivity (Wildman–Crippen MR) is 154 cm³/mol. The molecule has 0 saturated heterocycles. The molecule has 208 valence electrons. The third-order valence-electron chi connectivity index (χ3n) is 5.89. The molecule has 0 aliphatic rings. The summed E-state index contributed by atoms with van der Waals surface area (Å²) in [5, 5.41) is 0.609. The molecule has 3 aromatic carbocycles. The number of esters is 2. The molecule has 0 radical (unpaired) electrons. The van der Waals surface area contributed by atoms with Crippen molar-refractivity contribution < 1.29 is 28.5 Å². The van der Waals surface area contributed by atoms with Crippen molar-refractivity contribution >= 4 is 64.0 Å². The van der Waals surface area contributed by atoms with Gasteiger partial charge >= 0.3 is 11.9 Å². The van der Waals surface area contributed by atoms with Gasteiger partial charge in [0.15, 0.2) is 24.0 Å². The lowest BCUT2D eigenvalue weighted by Gasteiger charge is -2.35. The Kier molecular flexibility index (Phi) is 10.6. The fourth-order valence-electron chi connectivity index (χ4n) is 4.04. The number of nitrogens with zero attached hydrogens (tertiary/aromatic N) is 1. The molecule has 0 aliphatic heterocycles. The molecule has 3 aromatic rings. The molecule has 0 aromatic heterocycles. The van der Waals surface area contributed by atoms with Gasteiger partial charge in [-0.2, -0.15) is 0 Å². The van der Waals surface area contributed by atoms with Crippen LogP contribution in [0.1, 0.15) is 47.1 Å². The van der Waals surface area contributed by atoms with Crippen LogP contribution in [0.3, 0.4) is 0 Å². The van der Waals surface area contributed by atoms with Crippen molar-refractivity contribution in [1.29, 1.82) is 0 Å². The SMILES string of the molecule is CCc1cccc(N(C(C)OC(=O)c2c(Cl)ccc(Cl)c2OC)C(C)OC(=O)c2c(Cl)ccc(Cl)c2OC)c1. The molecule has 0 heterocycles. The molecule has 2 unspecified atom stereocenters. The van der Waals surface area contributed by atoms with Crippen molar-refractivity contribution in [2.45, 2.75) is 39.6 Å². The molecular weight excluding hydrogens is 588 g/mol. The van der Waals surface area contributed by atoms with Crippen molar-refractivity contribution in [2.24, 2.45) is 0 Å². The molecule has 2 atom stereocenters. The van der Waals surface area contributed by atoms with Gasteiger partial charge in [-0.1, -0.05) is 65.5 Å². The van der Waals surface area contributed by atoms with Crippen LogP contribution in [-0.4, -0.2) is 38.6 Å². The summed E-state index contributed by atoms with van der Waals surface area (Å²) >= 11 is 25.0. The van der Waals surface area contributed by atoms with E-state index < -0.39 is 24.4 Å². The highest BCUT2D eigenvalue weighted by Gasteiger charge is 2.31. The average Bonchev–Trinajstić information content (AvgIpc) is 2.90. The van der Waals surface area contributed by atoms with Crippen LogP contribution in [0, 0.1) is 0 Å². The van der Waals surface area contributed by atoms with Crippen LogP contribution in [-0.2, 0) is 15.9 Å². The Labute approximate surface area is 247 Å². The van der Waals surface area contributed by atoms with Crippen molar-refractivity contribution in [3.8, 4) is 11.5 Å². The second-order valence-corrected chi connectivity index (χ2v) is 9.94. The average molecular weight is 615 g/mol. The van der Waals surface area contributed by atoms with Crippen molar-refractivity contribution in [1.82, 2.24) is 0 Å². The van der Waals surface area contributed by atoms with Crippen LogP contribution < -0.4 is 14.4 Å². The Bertz CT molecular complexity index is 1290. The zero-order valence-corrected chi connectivity index (χ0v) is 24.9. The number of carbonyl (C=O) groups is 2. The molecule has 0 fully saturated rings. The number of hydrogen-bond donors (Lipinski definition) is 0. The van der Waals surface area contributed by atoms with E-state index in [9.17, 15) is 9.59 Å². The molecule has 3 rings (SSSR count). The number of benzene rings is 3. The molecule has 0 aliphatic carbocycles. The maximum absolute atomic E-state index is 13.3. The van der Waals surface area contributed by atoms with E-state index in [1.54, 1.807) is 18.7 Å². The van der Waals surface area contributed by atoms with Gasteiger partial charge in [-0.25, -0.2) is 9.59 Å². The monoisotopic (exact) mass is 613 g/mol. The van der Waals surface area contributed by atoms with Gasteiger partial charge in [0.2, 0.25) is 0 Å². The number of ether oxygens (including phenoxy) is 4. The number of hydrogen-bond acceptors (Lipinski definition) is 7. The first-order chi connectivity index (χ1) is 18.5. The summed E-state index contributed by atoms with van der Waals surface area (Å²) in [5.41, 5.74) is 1.61. The van der Waals surface area contributed by atoms with Gasteiger partial charge in [0.05, 0.1) is 34.3 Å². The van der Waals surface area contributed by atoms with Crippen LogP contribution >= 0.6 is 46.4 Å². The van der Waals surface area contributed by atoms with Crippen molar-refractivity contribution in [3.63, 3.8) is 0 Å². The zero-order chi connectivity index (χ0) is 28.9. The first-order valence-corrected chi connectivity index (χ1v) is 13.4. The van der Waals surface area contributed by atoms with E-state index in [0.717, 1.165) is 12.0 Å². The van der Waals surface area contributed by atoms with Gasteiger partial charge in [0.25, 0.3) is 0 Å². The first-order valence-electron chi connectivity index (χ1n) is 11.9. The van der Waals surface area contributed by atoms with E-state index in [2.05, 4.69) is 0 Å². The summed E-state index contributed by atoms with van der Waals surface area (Å²) in [5.74, 6) is -1.38. The molecule has 0 bridgehead atoms. The normalized spacial score (nSPS) is 12.3. The molecule has 7 nitrogen and oxygen atoms in total. The highest BCUT2D eigenvalue weighted by Crippen LogP contribution is 2.36. The van der Waals surface area contributed by atoms with E-state index in [4.69, 9.17) is 65.4 Å². The summed E-state index contributed by atoms with van der Waals surface area (Å²) < 4.78 is 22.2. The number of anilines is 1.